The van der Waals surface area contributed by atoms with E-state index >= 15 is 0 Å². The molecule has 0 radical (unpaired) electrons. The minimum absolute atomic E-state index is 0.703. The van der Waals surface area contributed by atoms with Crippen molar-refractivity contribution in [3.05, 3.63) is 29.8 Å². The standard InChI is InChI=1S/C10H11N3.C2H6/c1-7-4-12-13-6-9(8-2-3-8)11-5-10(7)13;1-2/h4-6,8H,2-3H2,1H3;1-2H3. The second-order valence-corrected chi connectivity index (χ2v) is 3.74. The lowest BCUT2D eigenvalue weighted by Gasteiger charge is -1.98. The summed E-state index contributed by atoms with van der Waals surface area (Å²) in [6.07, 6.45) is 8.45. The van der Waals surface area contributed by atoms with E-state index in [2.05, 4.69) is 23.2 Å². The van der Waals surface area contributed by atoms with Crippen LogP contribution in [0.2, 0.25) is 0 Å². The van der Waals surface area contributed by atoms with Gasteiger partial charge in [-0.1, -0.05) is 13.8 Å². The molecular weight excluding hydrogens is 186 g/mol. The number of hydrogen-bond donors (Lipinski definition) is 0. The highest BCUT2D eigenvalue weighted by molar-refractivity contribution is 5.51. The number of aryl methyl sites for hydroxylation is 1. The maximum absolute atomic E-state index is 4.44. The quantitative estimate of drug-likeness (QED) is 0.713. The summed E-state index contributed by atoms with van der Waals surface area (Å²) in [5, 5.41) is 4.27. The van der Waals surface area contributed by atoms with Crippen molar-refractivity contribution in [3.63, 3.8) is 0 Å². The molecule has 3 nitrogen and oxygen atoms in total. The molecule has 0 N–H and O–H groups in total. The molecule has 80 valence electrons. The van der Waals surface area contributed by atoms with Crippen LogP contribution in [0.4, 0.5) is 0 Å². The Labute approximate surface area is 90.1 Å². The van der Waals surface area contributed by atoms with E-state index in [1.807, 2.05) is 30.8 Å². The number of rotatable bonds is 1. The zero-order chi connectivity index (χ0) is 10.8. The van der Waals surface area contributed by atoms with Gasteiger partial charge in [-0.05, 0) is 25.3 Å². The SMILES string of the molecule is CC.Cc1cnn2cc(C3CC3)ncc12. The molecule has 0 amide bonds. The van der Waals surface area contributed by atoms with Gasteiger partial charge in [-0.2, -0.15) is 5.10 Å². The van der Waals surface area contributed by atoms with Gasteiger partial charge in [0, 0.05) is 5.92 Å². The normalized spacial score (nSPS) is 14.9. The summed E-state index contributed by atoms with van der Waals surface area (Å²) in [6, 6.07) is 0. The fourth-order valence-electron chi connectivity index (χ4n) is 1.61. The van der Waals surface area contributed by atoms with Crippen molar-refractivity contribution >= 4 is 5.52 Å². The lowest BCUT2D eigenvalue weighted by molar-refractivity contribution is 0.895. The Balaban J connectivity index is 0.000000404. The molecule has 0 spiro atoms. The summed E-state index contributed by atoms with van der Waals surface area (Å²) in [7, 11) is 0. The van der Waals surface area contributed by atoms with Crippen LogP contribution in [0.1, 0.15) is 43.9 Å². The minimum atomic E-state index is 0.703. The number of aromatic nitrogens is 3. The topological polar surface area (TPSA) is 30.2 Å². The largest absolute Gasteiger partial charge is 0.257 e. The molecule has 1 aliphatic rings. The molecule has 2 aromatic rings. The van der Waals surface area contributed by atoms with Gasteiger partial charge in [0.1, 0.15) is 0 Å². The molecule has 0 unspecified atom stereocenters. The molecule has 0 saturated heterocycles. The summed E-state index contributed by atoms with van der Waals surface area (Å²) in [4.78, 5) is 4.44. The van der Waals surface area contributed by atoms with E-state index in [1.54, 1.807) is 0 Å². The van der Waals surface area contributed by atoms with Gasteiger partial charge in [0.2, 0.25) is 0 Å². The van der Waals surface area contributed by atoms with E-state index in [0.29, 0.717) is 5.92 Å². The molecule has 3 heteroatoms. The first-order valence-electron chi connectivity index (χ1n) is 5.64. The third kappa shape index (κ3) is 1.87. The Morgan fingerprint density at radius 2 is 2.00 bits per heavy atom. The zero-order valence-corrected chi connectivity index (χ0v) is 9.57. The molecule has 2 aromatic heterocycles. The highest BCUT2D eigenvalue weighted by atomic mass is 15.2. The fraction of sp³-hybridized carbons (Fsp3) is 0.500. The first-order chi connectivity index (χ1) is 7.34. The fourth-order valence-corrected chi connectivity index (χ4v) is 1.61. The molecule has 0 aromatic carbocycles. The molecule has 1 saturated carbocycles. The number of nitrogens with zero attached hydrogens (tertiary/aromatic N) is 3. The van der Waals surface area contributed by atoms with Gasteiger partial charge in [0.25, 0.3) is 0 Å². The van der Waals surface area contributed by atoms with E-state index in [4.69, 9.17) is 0 Å². The molecule has 0 bridgehead atoms. The van der Waals surface area contributed by atoms with Crippen molar-refractivity contribution in [2.45, 2.75) is 39.5 Å². The summed E-state index contributed by atoms with van der Waals surface area (Å²) < 4.78 is 1.93. The van der Waals surface area contributed by atoms with Gasteiger partial charge in [-0.3, -0.25) is 4.98 Å². The van der Waals surface area contributed by atoms with Crippen LogP contribution >= 0.6 is 0 Å². The number of fused-ring (bicyclic) bond motifs is 1. The third-order valence-corrected chi connectivity index (χ3v) is 2.61. The Morgan fingerprint density at radius 1 is 1.27 bits per heavy atom. The molecule has 15 heavy (non-hydrogen) atoms. The molecule has 1 fully saturated rings. The molecule has 3 rings (SSSR count). The van der Waals surface area contributed by atoms with Gasteiger partial charge < -0.3 is 0 Å². The van der Waals surface area contributed by atoms with Gasteiger partial charge in [0.15, 0.2) is 0 Å². The lowest BCUT2D eigenvalue weighted by atomic mass is 10.3. The van der Waals surface area contributed by atoms with Crippen molar-refractivity contribution in [2.75, 3.05) is 0 Å². The highest BCUT2D eigenvalue weighted by Gasteiger charge is 2.25. The average molecular weight is 203 g/mol. The van der Waals surface area contributed by atoms with Crippen molar-refractivity contribution < 1.29 is 0 Å². The van der Waals surface area contributed by atoms with Gasteiger partial charge >= 0.3 is 0 Å². The smallest absolute Gasteiger partial charge is 0.0874 e. The summed E-state index contributed by atoms with van der Waals surface area (Å²) in [5.74, 6) is 0.703. The van der Waals surface area contributed by atoms with Crippen LogP contribution in [0.15, 0.2) is 18.6 Å². The lowest BCUT2D eigenvalue weighted by Crippen LogP contribution is -1.93. The van der Waals surface area contributed by atoms with Crippen LogP contribution in [0.25, 0.3) is 5.52 Å². The predicted molar refractivity (Wildman–Crippen MR) is 61.0 cm³/mol. The van der Waals surface area contributed by atoms with Crippen LogP contribution in [0, 0.1) is 6.92 Å². The number of hydrogen-bond acceptors (Lipinski definition) is 2. The monoisotopic (exact) mass is 203 g/mol. The van der Waals surface area contributed by atoms with Gasteiger partial charge in [-0.25, -0.2) is 4.52 Å². The first kappa shape index (κ1) is 10.1. The Hall–Kier alpha value is -1.38. The summed E-state index contributed by atoms with van der Waals surface area (Å²) in [5.41, 5.74) is 3.50. The van der Waals surface area contributed by atoms with E-state index in [9.17, 15) is 0 Å². The van der Waals surface area contributed by atoms with Crippen LogP contribution in [-0.2, 0) is 0 Å². The van der Waals surface area contributed by atoms with Gasteiger partial charge in [0.05, 0.1) is 29.8 Å². The van der Waals surface area contributed by atoms with E-state index in [0.717, 1.165) is 5.52 Å². The zero-order valence-electron chi connectivity index (χ0n) is 9.57. The second kappa shape index (κ2) is 4.01. The maximum atomic E-state index is 4.44. The molecular formula is C12H17N3. The molecule has 0 atom stereocenters. The highest BCUT2D eigenvalue weighted by Crippen LogP contribution is 2.38. The summed E-state index contributed by atoms with van der Waals surface area (Å²) >= 11 is 0. The van der Waals surface area contributed by atoms with Crippen LogP contribution in [-0.4, -0.2) is 14.6 Å². The van der Waals surface area contributed by atoms with E-state index in [-0.39, 0.29) is 0 Å². The van der Waals surface area contributed by atoms with Crippen molar-refractivity contribution in [2.24, 2.45) is 0 Å². The third-order valence-electron chi connectivity index (χ3n) is 2.61. The Bertz CT molecular complexity index is 455. The molecule has 1 aliphatic carbocycles. The van der Waals surface area contributed by atoms with Crippen LogP contribution in [0.3, 0.4) is 0 Å². The predicted octanol–water partition coefficient (Wildman–Crippen LogP) is 2.94. The van der Waals surface area contributed by atoms with Crippen LogP contribution in [0.5, 0.6) is 0 Å². The van der Waals surface area contributed by atoms with Crippen molar-refractivity contribution in [3.8, 4) is 0 Å². The Kier molecular flexibility index (Phi) is 2.71. The van der Waals surface area contributed by atoms with Crippen molar-refractivity contribution in [1.82, 2.24) is 14.6 Å². The van der Waals surface area contributed by atoms with Crippen molar-refractivity contribution in [1.29, 1.82) is 0 Å². The maximum Gasteiger partial charge on any atom is 0.0874 e. The first-order valence-corrected chi connectivity index (χ1v) is 5.64. The summed E-state index contributed by atoms with van der Waals surface area (Å²) in [6.45, 7) is 6.06. The van der Waals surface area contributed by atoms with E-state index < -0.39 is 0 Å². The average Bonchev–Trinajstić information content (AvgIpc) is 3.07. The Morgan fingerprint density at radius 3 is 2.67 bits per heavy atom. The van der Waals surface area contributed by atoms with Crippen LogP contribution < -0.4 is 0 Å². The minimum Gasteiger partial charge on any atom is -0.257 e. The van der Waals surface area contributed by atoms with E-state index in [1.165, 1.54) is 24.1 Å². The van der Waals surface area contributed by atoms with Gasteiger partial charge in [-0.15, -0.1) is 0 Å². The second-order valence-electron chi connectivity index (χ2n) is 3.74. The molecule has 2 heterocycles. The molecule has 0 aliphatic heterocycles.